The first-order chi connectivity index (χ1) is 15.3. The fourth-order valence-electron chi connectivity index (χ4n) is 2.87. The molecule has 0 unspecified atom stereocenters. The summed E-state index contributed by atoms with van der Waals surface area (Å²) in [6, 6.07) is 18.1. The number of benzene rings is 3. The van der Waals surface area contributed by atoms with E-state index in [1.807, 2.05) is 36.4 Å². The Morgan fingerprint density at radius 2 is 0.909 bits per heavy atom. The summed E-state index contributed by atoms with van der Waals surface area (Å²) < 4.78 is 4.56. The molecule has 0 aromatic heterocycles. The summed E-state index contributed by atoms with van der Waals surface area (Å²) in [4.78, 5) is 0. The van der Waals surface area contributed by atoms with Gasteiger partial charge in [-0.15, -0.1) is 0 Å². The molecule has 0 aliphatic heterocycles. The second-order valence-corrected chi connectivity index (χ2v) is 12.8. The highest BCUT2D eigenvalue weighted by Gasteiger charge is 2.05. The summed E-state index contributed by atoms with van der Waals surface area (Å²) in [6.07, 6.45) is 0. The van der Waals surface area contributed by atoms with Crippen molar-refractivity contribution in [1.82, 2.24) is 0 Å². The molecule has 0 saturated heterocycles. The van der Waals surface area contributed by atoms with Gasteiger partial charge in [-0.3, -0.25) is 0 Å². The van der Waals surface area contributed by atoms with Gasteiger partial charge in [0, 0.05) is 27.9 Å². The zero-order chi connectivity index (χ0) is 25.3. The molecule has 0 aliphatic rings. The van der Waals surface area contributed by atoms with Crippen LogP contribution in [0.15, 0.2) is 72.5 Å². The summed E-state index contributed by atoms with van der Waals surface area (Å²) in [5, 5.41) is 1.65. The van der Waals surface area contributed by atoms with Crippen LogP contribution in [0.5, 0.6) is 0 Å². The first kappa shape index (κ1) is 31.2. The van der Waals surface area contributed by atoms with Crippen LogP contribution in [-0.2, 0) is 0 Å². The molecular formula is C27H30Br4Cl2. The van der Waals surface area contributed by atoms with Gasteiger partial charge in [0.2, 0.25) is 0 Å². The zero-order valence-electron chi connectivity index (χ0n) is 19.7. The van der Waals surface area contributed by atoms with Gasteiger partial charge in [-0.2, -0.15) is 0 Å². The third-order valence-corrected chi connectivity index (χ3v) is 7.75. The Labute approximate surface area is 243 Å². The van der Waals surface area contributed by atoms with Gasteiger partial charge in [0.15, 0.2) is 0 Å². The van der Waals surface area contributed by atoms with Gasteiger partial charge in [0.25, 0.3) is 0 Å². The monoisotopic (exact) mass is 740 g/mol. The molecule has 180 valence electrons. The van der Waals surface area contributed by atoms with Crippen molar-refractivity contribution in [2.45, 2.75) is 59.3 Å². The normalized spacial score (nSPS) is 10.6. The third kappa shape index (κ3) is 11.2. The third-order valence-electron chi connectivity index (χ3n) is 4.74. The molecule has 0 atom stereocenters. The minimum Gasteiger partial charge on any atom is -0.0843 e. The quantitative estimate of drug-likeness (QED) is 0.251. The van der Waals surface area contributed by atoms with E-state index in [1.54, 1.807) is 0 Å². The van der Waals surface area contributed by atoms with Gasteiger partial charge < -0.3 is 0 Å². The summed E-state index contributed by atoms with van der Waals surface area (Å²) in [5.41, 5.74) is 3.80. The molecule has 6 heteroatoms. The van der Waals surface area contributed by atoms with Crippen molar-refractivity contribution in [3.63, 3.8) is 0 Å². The van der Waals surface area contributed by atoms with Crippen LogP contribution in [-0.4, -0.2) is 0 Å². The molecular weight excluding hydrogens is 715 g/mol. The van der Waals surface area contributed by atoms with Gasteiger partial charge in [-0.05, 0) is 89.0 Å². The van der Waals surface area contributed by atoms with E-state index in [4.69, 9.17) is 23.2 Å². The van der Waals surface area contributed by atoms with E-state index in [2.05, 4.69) is 123 Å². The highest BCUT2D eigenvalue weighted by molar-refractivity contribution is 9.11. The van der Waals surface area contributed by atoms with Crippen molar-refractivity contribution in [2.75, 3.05) is 0 Å². The van der Waals surface area contributed by atoms with Crippen LogP contribution >= 0.6 is 86.9 Å². The summed E-state index contributed by atoms with van der Waals surface area (Å²) in [6.45, 7) is 12.9. The lowest BCUT2D eigenvalue weighted by atomic mass is 10.0. The molecule has 0 amide bonds. The summed E-state index contributed by atoms with van der Waals surface area (Å²) >= 11 is 25.6. The fourth-order valence-corrected chi connectivity index (χ4v) is 5.55. The minimum atomic E-state index is 0.486. The highest BCUT2D eigenvalue weighted by Crippen LogP contribution is 2.29. The molecule has 0 saturated carbocycles. The maximum Gasteiger partial charge on any atom is 0.0441 e. The lowest BCUT2D eigenvalue weighted by molar-refractivity contribution is 0.860. The average molecular weight is 745 g/mol. The molecule has 3 rings (SSSR count). The highest BCUT2D eigenvalue weighted by atomic mass is 79.9. The molecule has 3 aromatic rings. The Kier molecular flexibility index (Phi) is 14.5. The van der Waals surface area contributed by atoms with Crippen molar-refractivity contribution in [2.24, 2.45) is 0 Å². The Morgan fingerprint density at radius 1 is 0.515 bits per heavy atom. The van der Waals surface area contributed by atoms with Crippen LogP contribution in [0.2, 0.25) is 10.0 Å². The molecule has 0 aliphatic carbocycles. The van der Waals surface area contributed by atoms with E-state index >= 15 is 0 Å². The molecule has 3 aromatic carbocycles. The molecule has 0 spiro atoms. The summed E-state index contributed by atoms with van der Waals surface area (Å²) in [5.74, 6) is 1.57. The van der Waals surface area contributed by atoms with E-state index in [1.165, 1.54) is 21.2 Å². The van der Waals surface area contributed by atoms with Crippen molar-refractivity contribution < 1.29 is 0 Å². The van der Waals surface area contributed by atoms with E-state index in [0.717, 1.165) is 23.5 Å². The Morgan fingerprint density at radius 3 is 1.30 bits per heavy atom. The number of hydrogen-bond acceptors (Lipinski definition) is 0. The number of hydrogen-bond donors (Lipinski definition) is 0. The molecule has 0 N–H and O–H groups in total. The second kappa shape index (κ2) is 15.3. The smallest absolute Gasteiger partial charge is 0.0441 e. The SMILES string of the molecule is CC(C)c1cc(Br)ccc1Br.CC(C)c1cc(Br)ccc1Cl.CC(C)c1cc(Cl)ccc1Br. The molecule has 0 radical (unpaired) electrons. The maximum atomic E-state index is 5.97. The second-order valence-electron chi connectivity index (χ2n) is 8.46. The predicted molar refractivity (Wildman–Crippen MR) is 162 cm³/mol. The first-order valence-corrected chi connectivity index (χ1v) is 14.6. The maximum absolute atomic E-state index is 5.97. The first-order valence-electron chi connectivity index (χ1n) is 10.7. The largest absolute Gasteiger partial charge is 0.0843 e. The molecule has 0 nitrogen and oxygen atoms in total. The lowest BCUT2D eigenvalue weighted by Crippen LogP contribution is -1.88. The number of rotatable bonds is 3. The predicted octanol–water partition coefficient (Wildman–Crippen LogP) is 12.8. The van der Waals surface area contributed by atoms with Crippen LogP contribution in [0.25, 0.3) is 0 Å². The van der Waals surface area contributed by atoms with Crippen LogP contribution in [0.4, 0.5) is 0 Å². The number of halogens is 6. The van der Waals surface area contributed by atoms with Crippen molar-refractivity contribution in [3.05, 3.63) is 99.2 Å². The Balaban J connectivity index is 0.000000247. The fraction of sp³-hybridized carbons (Fsp3) is 0.333. The van der Waals surface area contributed by atoms with Crippen molar-refractivity contribution in [1.29, 1.82) is 0 Å². The van der Waals surface area contributed by atoms with E-state index in [0.29, 0.717) is 17.8 Å². The van der Waals surface area contributed by atoms with Gasteiger partial charge in [-0.1, -0.05) is 128 Å². The van der Waals surface area contributed by atoms with Crippen molar-refractivity contribution in [3.8, 4) is 0 Å². The van der Waals surface area contributed by atoms with E-state index in [-0.39, 0.29) is 0 Å². The van der Waals surface area contributed by atoms with Gasteiger partial charge in [0.05, 0.1) is 0 Å². The van der Waals surface area contributed by atoms with E-state index in [9.17, 15) is 0 Å². The summed E-state index contributed by atoms with van der Waals surface area (Å²) in [7, 11) is 0. The van der Waals surface area contributed by atoms with Crippen LogP contribution < -0.4 is 0 Å². The molecule has 33 heavy (non-hydrogen) atoms. The molecule has 0 bridgehead atoms. The standard InChI is InChI=1S/C9H10Br2.2C9H10BrCl/c1-6(2)8-5-7(10)3-4-9(8)11;1-6(2)8-5-7(11)3-4-9(8)10;1-6(2)8-5-7(10)3-4-9(8)11/h3*3-6H,1-2H3. The van der Waals surface area contributed by atoms with E-state index < -0.39 is 0 Å². The van der Waals surface area contributed by atoms with Crippen LogP contribution in [0.3, 0.4) is 0 Å². The molecule has 0 heterocycles. The van der Waals surface area contributed by atoms with Gasteiger partial charge in [0.1, 0.15) is 0 Å². The Bertz CT molecular complexity index is 899. The van der Waals surface area contributed by atoms with Gasteiger partial charge in [-0.25, -0.2) is 0 Å². The lowest BCUT2D eigenvalue weighted by Gasteiger charge is -2.07. The van der Waals surface area contributed by atoms with Crippen LogP contribution in [0.1, 0.15) is 76.0 Å². The average Bonchev–Trinajstić information content (AvgIpc) is 2.73. The Hall–Kier alpha value is 0.160. The van der Waals surface area contributed by atoms with Crippen LogP contribution in [0, 0.1) is 0 Å². The van der Waals surface area contributed by atoms with Gasteiger partial charge >= 0.3 is 0 Å². The topological polar surface area (TPSA) is 0 Å². The molecule has 0 fully saturated rings. The zero-order valence-corrected chi connectivity index (χ0v) is 27.6. The minimum absolute atomic E-state index is 0.486. The van der Waals surface area contributed by atoms with Crippen molar-refractivity contribution >= 4 is 86.9 Å².